The summed E-state index contributed by atoms with van der Waals surface area (Å²) in [5.41, 5.74) is 0.313. The van der Waals surface area contributed by atoms with Crippen LogP contribution in [-0.2, 0) is 16.6 Å². The summed E-state index contributed by atoms with van der Waals surface area (Å²) in [4.78, 5) is 24.4. The second-order valence-electron chi connectivity index (χ2n) is 6.17. The highest BCUT2D eigenvalue weighted by Crippen LogP contribution is 2.25. The van der Waals surface area contributed by atoms with Crippen LogP contribution in [0.25, 0.3) is 0 Å². The molecule has 1 aromatic heterocycles. The molecular formula is C17H28N4O3. The number of hydrogen-bond acceptors (Lipinski definition) is 4. The van der Waals surface area contributed by atoms with Gasteiger partial charge in [0.05, 0.1) is 0 Å². The predicted molar refractivity (Wildman–Crippen MR) is 91.9 cm³/mol. The van der Waals surface area contributed by atoms with Gasteiger partial charge in [0, 0.05) is 38.8 Å². The van der Waals surface area contributed by atoms with E-state index in [4.69, 9.17) is 4.74 Å². The lowest BCUT2D eigenvalue weighted by atomic mass is 9.89. The minimum atomic E-state index is -0.236. The average Bonchev–Trinajstić information content (AvgIpc) is 2.96. The molecule has 24 heavy (non-hydrogen) atoms. The fourth-order valence-electron chi connectivity index (χ4n) is 2.90. The van der Waals surface area contributed by atoms with Crippen LogP contribution in [0.1, 0.15) is 55.9 Å². The third-order valence-electron chi connectivity index (χ3n) is 4.29. The van der Waals surface area contributed by atoms with Gasteiger partial charge >= 0.3 is 0 Å². The Hall–Kier alpha value is -1.89. The van der Waals surface area contributed by atoms with Crippen molar-refractivity contribution in [3.05, 3.63) is 11.8 Å². The van der Waals surface area contributed by atoms with Gasteiger partial charge in [-0.3, -0.25) is 14.3 Å². The van der Waals surface area contributed by atoms with Gasteiger partial charge in [0.1, 0.15) is 5.82 Å². The summed E-state index contributed by atoms with van der Waals surface area (Å²) in [7, 11) is 1.72. The summed E-state index contributed by atoms with van der Waals surface area (Å²) in [6, 6.07) is 1.62. The molecule has 0 atom stereocenters. The van der Waals surface area contributed by atoms with E-state index < -0.39 is 0 Å². The number of nitrogens with zero attached hydrogens (tertiary/aromatic N) is 2. The lowest BCUT2D eigenvalue weighted by molar-refractivity contribution is -0.120. The lowest BCUT2D eigenvalue weighted by Gasteiger charge is -2.20. The first-order valence-electron chi connectivity index (χ1n) is 8.82. The smallest absolute Gasteiger partial charge is 0.271 e. The lowest BCUT2D eigenvalue weighted by Crippen LogP contribution is -2.25. The summed E-state index contributed by atoms with van der Waals surface area (Å²) in [5.74, 6) is 0.427. The van der Waals surface area contributed by atoms with Gasteiger partial charge in [-0.25, -0.2) is 0 Å². The van der Waals surface area contributed by atoms with Crippen LogP contribution in [0.4, 0.5) is 5.82 Å². The van der Waals surface area contributed by atoms with Gasteiger partial charge in [0.2, 0.25) is 5.91 Å². The molecule has 2 N–H and O–H groups in total. The topological polar surface area (TPSA) is 85.3 Å². The van der Waals surface area contributed by atoms with Crippen LogP contribution in [0.2, 0.25) is 0 Å². The maximum atomic E-state index is 12.3. The number of rotatable bonds is 8. The summed E-state index contributed by atoms with van der Waals surface area (Å²) >= 11 is 0. The van der Waals surface area contributed by atoms with Gasteiger partial charge in [0.15, 0.2) is 5.69 Å². The second-order valence-corrected chi connectivity index (χ2v) is 6.17. The predicted octanol–water partition coefficient (Wildman–Crippen LogP) is 2.10. The first kappa shape index (κ1) is 18.4. The minimum absolute atomic E-state index is 0.0290. The second kappa shape index (κ2) is 9.42. The fraction of sp³-hybridized carbons (Fsp3) is 0.706. The quantitative estimate of drug-likeness (QED) is 0.712. The van der Waals surface area contributed by atoms with Crippen molar-refractivity contribution < 1.29 is 14.3 Å². The average molecular weight is 336 g/mol. The number of carbonyl (C=O) groups is 2. The van der Waals surface area contributed by atoms with Gasteiger partial charge < -0.3 is 15.4 Å². The maximum absolute atomic E-state index is 12.3. The highest BCUT2D eigenvalue weighted by atomic mass is 16.5. The highest BCUT2D eigenvalue weighted by Gasteiger charge is 2.22. The Labute approximate surface area is 143 Å². The molecule has 0 radical (unpaired) electrons. The first-order valence-corrected chi connectivity index (χ1v) is 8.82. The molecule has 1 aliphatic rings. The molecule has 7 heteroatoms. The van der Waals surface area contributed by atoms with Gasteiger partial charge in [-0.05, 0) is 26.2 Å². The number of aromatic nitrogens is 2. The summed E-state index contributed by atoms with van der Waals surface area (Å²) < 4.78 is 6.76. The Kier molecular flexibility index (Phi) is 7.24. The van der Waals surface area contributed by atoms with Crippen molar-refractivity contribution in [2.75, 3.05) is 25.1 Å². The van der Waals surface area contributed by atoms with Gasteiger partial charge in [-0.2, -0.15) is 5.10 Å². The Bertz CT molecular complexity index is 550. The van der Waals surface area contributed by atoms with E-state index in [-0.39, 0.29) is 17.7 Å². The molecule has 0 saturated heterocycles. The van der Waals surface area contributed by atoms with Crippen LogP contribution < -0.4 is 10.6 Å². The van der Waals surface area contributed by atoms with E-state index in [9.17, 15) is 9.59 Å². The molecule has 1 aromatic rings. The van der Waals surface area contributed by atoms with Crippen molar-refractivity contribution in [3.8, 4) is 0 Å². The zero-order chi connectivity index (χ0) is 17.4. The van der Waals surface area contributed by atoms with E-state index in [0.29, 0.717) is 31.3 Å². The molecule has 0 spiro atoms. The van der Waals surface area contributed by atoms with Crippen molar-refractivity contribution in [3.63, 3.8) is 0 Å². The molecule has 2 rings (SSSR count). The fourth-order valence-corrected chi connectivity index (χ4v) is 2.90. The molecule has 1 fully saturated rings. The molecular weight excluding hydrogens is 308 g/mol. The van der Waals surface area contributed by atoms with Crippen molar-refractivity contribution in [2.24, 2.45) is 13.0 Å². The Morgan fingerprint density at radius 3 is 2.79 bits per heavy atom. The van der Waals surface area contributed by atoms with Crippen molar-refractivity contribution in [1.82, 2.24) is 15.1 Å². The Morgan fingerprint density at radius 1 is 1.33 bits per heavy atom. The van der Waals surface area contributed by atoms with Crippen LogP contribution in [0.5, 0.6) is 0 Å². The summed E-state index contributed by atoms with van der Waals surface area (Å²) in [6.45, 7) is 3.79. The van der Waals surface area contributed by atoms with E-state index in [2.05, 4.69) is 15.7 Å². The number of aryl methyl sites for hydroxylation is 1. The third kappa shape index (κ3) is 5.33. The standard InChI is InChI=1S/C17H28N4O3/c1-3-24-11-7-10-18-17(23)14-12-15(21(2)20-14)19-16(22)13-8-5-4-6-9-13/h12-13H,3-11H2,1-2H3,(H,18,23)(H,19,22). The van der Waals surface area contributed by atoms with E-state index >= 15 is 0 Å². The maximum Gasteiger partial charge on any atom is 0.271 e. The number of anilines is 1. The Morgan fingerprint density at radius 2 is 2.08 bits per heavy atom. The number of carbonyl (C=O) groups excluding carboxylic acids is 2. The van der Waals surface area contributed by atoms with Gasteiger partial charge in [-0.1, -0.05) is 19.3 Å². The van der Waals surface area contributed by atoms with Crippen LogP contribution in [-0.4, -0.2) is 41.4 Å². The number of ether oxygens (including phenoxy) is 1. The molecule has 2 amide bonds. The molecule has 0 aliphatic heterocycles. The molecule has 0 aromatic carbocycles. The number of nitrogens with one attached hydrogen (secondary N) is 2. The Balaban J connectivity index is 1.84. The van der Waals surface area contributed by atoms with Crippen LogP contribution in [0.15, 0.2) is 6.07 Å². The van der Waals surface area contributed by atoms with Gasteiger partial charge in [0.25, 0.3) is 5.91 Å². The SMILES string of the molecule is CCOCCCNC(=O)c1cc(NC(=O)C2CCCCC2)n(C)n1. The number of hydrogen-bond donors (Lipinski definition) is 2. The van der Waals surface area contributed by atoms with E-state index in [1.54, 1.807) is 13.1 Å². The van der Waals surface area contributed by atoms with E-state index in [1.165, 1.54) is 11.1 Å². The van der Waals surface area contributed by atoms with Gasteiger partial charge in [-0.15, -0.1) is 0 Å². The molecule has 134 valence electrons. The van der Waals surface area contributed by atoms with Crippen LogP contribution in [0.3, 0.4) is 0 Å². The van der Waals surface area contributed by atoms with Crippen LogP contribution >= 0.6 is 0 Å². The molecule has 7 nitrogen and oxygen atoms in total. The van der Waals surface area contributed by atoms with E-state index in [1.807, 2.05) is 6.92 Å². The summed E-state index contributed by atoms with van der Waals surface area (Å²) in [6.07, 6.45) is 6.08. The third-order valence-corrected chi connectivity index (χ3v) is 4.29. The van der Waals surface area contributed by atoms with E-state index in [0.717, 1.165) is 32.1 Å². The molecule has 1 saturated carbocycles. The largest absolute Gasteiger partial charge is 0.382 e. The van der Waals surface area contributed by atoms with Crippen molar-refractivity contribution in [1.29, 1.82) is 0 Å². The zero-order valence-electron chi connectivity index (χ0n) is 14.6. The molecule has 0 bridgehead atoms. The van der Waals surface area contributed by atoms with Crippen molar-refractivity contribution >= 4 is 17.6 Å². The van der Waals surface area contributed by atoms with Crippen LogP contribution in [0, 0.1) is 5.92 Å². The highest BCUT2D eigenvalue weighted by molar-refractivity contribution is 5.96. The zero-order valence-corrected chi connectivity index (χ0v) is 14.6. The first-order chi connectivity index (χ1) is 11.6. The van der Waals surface area contributed by atoms with Crippen molar-refractivity contribution in [2.45, 2.75) is 45.4 Å². The molecule has 1 heterocycles. The molecule has 1 aliphatic carbocycles. The minimum Gasteiger partial charge on any atom is -0.382 e. The number of amides is 2. The summed E-state index contributed by atoms with van der Waals surface area (Å²) in [5, 5.41) is 9.89. The molecule has 0 unspecified atom stereocenters. The normalized spacial score (nSPS) is 15.2. The monoisotopic (exact) mass is 336 g/mol.